The second-order valence-corrected chi connectivity index (χ2v) is 7.58. The molecule has 0 saturated heterocycles. The van der Waals surface area contributed by atoms with Crippen molar-refractivity contribution in [2.45, 2.75) is 69.7 Å². The van der Waals surface area contributed by atoms with E-state index in [0.29, 0.717) is 5.69 Å². The van der Waals surface area contributed by atoms with Crippen molar-refractivity contribution in [3.8, 4) is 0 Å². The summed E-state index contributed by atoms with van der Waals surface area (Å²) < 4.78 is 0. The minimum atomic E-state index is -0.764. The van der Waals surface area contributed by atoms with Crippen LogP contribution in [0.1, 0.15) is 64.2 Å². The van der Waals surface area contributed by atoms with Gasteiger partial charge in [-0.1, -0.05) is 44.6 Å². The predicted molar refractivity (Wildman–Crippen MR) is 100 cm³/mol. The quantitative estimate of drug-likeness (QED) is 0.777. The van der Waals surface area contributed by atoms with Crippen molar-refractivity contribution in [2.24, 2.45) is 11.7 Å². The monoisotopic (exact) mass is 343 g/mol. The van der Waals surface area contributed by atoms with Crippen LogP contribution in [0.3, 0.4) is 0 Å². The van der Waals surface area contributed by atoms with Crippen LogP contribution in [-0.4, -0.2) is 17.4 Å². The number of amides is 2. The van der Waals surface area contributed by atoms with E-state index in [1.807, 2.05) is 24.3 Å². The number of rotatable bonds is 4. The summed E-state index contributed by atoms with van der Waals surface area (Å²) in [7, 11) is 0. The van der Waals surface area contributed by atoms with Crippen molar-refractivity contribution in [2.75, 3.05) is 10.6 Å². The maximum atomic E-state index is 12.5. The number of anilines is 2. The van der Waals surface area contributed by atoms with Gasteiger partial charge in [-0.15, -0.1) is 0 Å². The first-order chi connectivity index (χ1) is 12.1. The van der Waals surface area contributed by atoms with Gasteiger partial charge in [-0.05, 0) is 43.9 Å². The van der Waals surface area contributed by atoms with Crippen molar-refractivity contribution in [3.05, 3.63) is 24.3 Å². The van der Waals surface area contributed by atoms with E-state index in [4.69, 9.17) is 5.73 Å². The minimum Gasteiger partial charge on any atom is -0.326 e. The molecule has 5 nitrogen and oxygen atoms in total. The van der Waals surface area contributed by atoms with Gasteiger partial charge in [-0.3, -0.25) is 9.59 Å². The maximum absolute atomic E-state index is 12.5. The lowest BCUT2D eigenvalue weighted by atomic mass is 9.82. The van der Waals surface area contributed by atoms with E-state index in [-0.39, 0.29) is 17.7 Å². The van der Waals surface area contributed by atoms with E-state index in [1.165, 1.54) is 6.42 Å². The Labute approximate surface area is 149 Å². The molecule has 2 saturated carbocycles. The van der Waals surface area contributed by atoms with Gasteiger partial charge in [0.15, 0.2) is 0 Å². The lowest BCUT2D eigenvalue weighted by Crippen LogP contribution is -2.52. The van der Waals surface area contributed by atoms with Crippen LogP contribution in [0.5, 0.6) is 0 Å². The topological polar surface area (TPSA) is 84.2 Å². The van der Waals surface area contributed by atoms with Gasteiger partial charge < -0.3 is 16.4 Å². The van der Waals surface area contributed by atoms with Crippen LogP contribution in [-0.2, 0) is 9.59 Å². The summed E-state index contributed by atoms with van der Waals surface area (Å²) in [6.45, 7) is 0. The van der Waals surface area contributed by atoms with Gasteiger partial charge in [0.25, 0.3) is 0 Å². The number of nitrogens with one attached hydrogen (secondary N) is 2. The van der Waals surface area contributed by atoms with Gasteiger partial charge >= 0.3 is 0 Å². The molecule has 1 aromatic carbocycles. The van der Waals surface area contributed by atoms with Gasteiger partial charge in [0, 0.05) is 17.3 Å². The first kappa shape index (κ1) is 17.9. The summed E-state index contributed by atoms with van der Waals surface area (Å²) >= 11 is 0. The third-order valence-electron chi connectivity index (χ3n) is 5.56. The lowest BCUT2D eigenvalue weighted by Gasteiger charge is -2.31. The molecule has 0 spiro atoms. The third-order valence-corrected chi connectivity index (χ3v) is 5.56. The highest BCUT2D eigenvalue weighted by Gasteiger charge is 2.35. The SMILES string of the molecule is NC1(C(=O)Nc2cccc(NC(=O)C3CCCCC3)c2)CCCCC1. The zero-order valence-electron chi connectivity index (χ0n) is 14.9. The molecule has 0 atom stereocenters. The summed E-state index contributed by atoms with van der Waals surface area (Å²) in [6, 6.07) is 7.34. The van der Waals surface area contributed by atoms with E-state index in [0.717, 1.165) is 63.5 Å². The smallest absolute Gasteiger partial charge is 0.244 e. The Kier molecular flexibility index (Phi) is 5.74. The zero-order chi connectivity index (χ0) is 17.7. The van der Waals surface area contributed by atoms with E-state index in [9.17, 15) is 9.59 Å². The van der Waals surface area contributed by atoms with E-state index < -0.39 is 5.54 Å². The van der Waals surface area contributed by atoms with Crippen LogP contribution < -0.4 is 16.4 Å². The Morgan fingerprint density at radius 2 is 1.52 bits per heavy atom. The van der Waals surface area contributed by atoms with Crippen molar-refractivity contribution in [3.63, 3.8) is 0 Å². The lowest BCUT2D eigenvalue weighted by molar-refractivity contribution is -0.122. The number of hydrogen-bond acceptors (Lipinski definition) is 3. The zero-order valence-corrected chi connectivity index (χ0v) is 14.9. The Morgan fingerprint density at radius 3 is 2.20 bits per heavy atom. The molecule has 0 aromatic heterocycles. The molecule has 2 aliphatic rings. The number of benzene rings is 1. The summed E-state index contributed by atoms with van der Waals surface area (Å²) in [5.41, 5.74) is 6.93. The molecule has 0 heterocycles. The van der Waals surface area contributed by atoms with E-state index in [1.54, 1.807) is 0 Å². The highest BCUT2D eigenvalue weighted by Crippen LogP contribution is 2.28. The van der Waals surface area contributed by atoms with Gasteiger partial charge in [0.05, 0.1) is 5.54 Å². The Morgan fingerprint density at radius 1 is 0.920 bits per heavy atom. The van der Waals surface area contributed by atoms with E-state index >= 15 is 0 Å². The molecule has 2 amide bonds. The molecule has 0 aliphatic heterocycles. The van der Waals surface area contributed by atoms with Crippen LogP contribution in [0.4, 0.5) is 11.4 Å². The van der Waals surface area contributed by atoms with Crippen LogP contribution in [0.25, 0.3) is 0 Å². The number of carbonyl (C=O) groups is 2. The van der Waals surface area contributed by atoms with Crippen molar-refractivity contribution in [1.29, 1.82) is 0 Å². The Hall–Kier alpha value is -1.88. The summed E-state index contributed by atoms with van der Waals surface area (Å²) in [5.74, 6) is 0.0789. The fourth-order valence-corrected chi connectivity index (χ4v) is 3.95. The standard InChI is InChI=1S/C20H29N3O2/c21-20(12-5-2-6-13-20)19(25)23-17-11-7-10-16(14-17)22-18(24)15-8-3-1-4-9-15/h7,10-11,14-15H,1-6,8-9,12-13,21H2,(H,22,24)(H,23,25). The van der Waals surface area contributed by atoms with Crippen molar-refractivity contribution in [1.82, 2.24) is 0 Å². The maximum Gasteiger partial charge on any atom is 0.244 e. The predicted octanol–water partition coefficient (Wildman–Crippen LogP) is 3.81. The molecule has 136 valence electrons. The Balaban J connectivity index is 1.61. The van der Waals surface area contributed by atoms with Crippen molar-refractivity contribution >= 4 is 23.2 Å². The molecule has 5 heteroatoms. The highest BCUT2D eigenvalue weighted by atomic mass is 16.2. The third kappa shape index (κ3) is 4.60. The fraction of sp³-hybridized carbons (Fsp3) is 0.600. The molecular weight excluding hydrogens is 314 g/mol. The molecule has 4 N–H and O–H groups in total. The number of hydrogen-bond donors (Lipinski definition) is 3. The van der Waals surface area contributed by atoms with Crippen LogP contribution in [0, 0.1) is 5.92 Å². The molecule has 0 unspecified atom stereocenters. The molecule has 2 aliphatic carbocycles. The molecule has 1 aromatic rings. The fourth-order valence-electron chi connectivity index (χ4n) is 3.95. The van der Waals surface area contributed by atoms with Crippen molar-refractivity contribution < 1.29 is 9.59 Å². The average molecular weight is 343 g/mol. The summed E-state index contributed by atoms with van der Waals surface area (Å²) in [6.07, 6.45) is 10.0. The molecule has 3 rings (SSSR count). The number of nitrogens with two attached hydrogens (primary N) is 1. The first-order valence-electron chi connectivity index (χ1n) is 9.58. The molecule has 25 heavy (non-hydrogen) atoms. The average Bonchev–Trinajstić information content (AvgIpc) is 2.63. The van der Waals surface area contributed by atoms with Crippen LogP contribution in [0.2, 0.25) is 0 Å². The second kappa shape index (κ2) is 8.00. The number of carbonyl (C=O) groups excluding carboxylic acids is 2. The largest absolute Gasteiger partial charge is 0.326 e. The van der Waals surface area contributed by atoms with Gasteiger partial charge in [-0.25, -0.2) is 0 Å². The van der Waals surface area contributed by atoms with Crippen LogP contribution in [0.15, 0.2) is 24.3 Å². The minimum absolute atomic E-state index is 0.0887. The normalized spacial score (nSPS) is 20.7. The van der Waals surface area contributed by atoms with Gasteiger partial charge in [0.2, 0.25) is 11.8 Å². The summed E-state index contributed by atoms with van der Waals surface area (Å²) in [4.78, 5) is 24.9. The van der Waals surface area contributed by atoms with Crippen LogP contribution >= 0.6 is 0 Å². The molecule has 0 radical (unpaired) electrons. The Bertz CT molecular complexity index is 617. The molecule has 2 fully saturated rings. The van der Waals surface area contributed by atoms with E-state index in [2.05, 4.69) is 10.6 Å². The highest BCUT2D eigenvalue weighted by molar-refractivity contribution is 5.99. The van der Waals surface area contributed by atoms with Gasteiger partial charge in [0.1, 0.15) is 0 Å². The van der Waals surface area contributed by atoms with Gasteiger partial charge in [-0.2, -0.15) is 0 Å². The second-order valence-electron chi connectivity index (χ2n) is 7.58. The summed E-state index contributed by atoms with van der Waals surface area (Å²) in [5, 5.41) is 5.92. The first-order valence-corrected chi connectivity index (χ1v) is 9.58. The molecular formula is C20H29N3O2. The molecule has 0 bridgehead atoms.